The number of nitrogens with zero attached hydrogens (tertiary/aromatic N) is 1. The molecule has 0 heterocycles. The van der Waals surface area contributed by atoms with Gasteiger partial charge >= 0.3 is 38.5 Å². The third kappa shape index (κ3) is 31.7. The lowest BCUT2D eigenvalue weighted by molar-refractivity contribution is 0.123. The maximum atomic E-state index is 10.9. The molecule has 0 aliphatic heterocycles. The molecular formula is C21H63N9O13Si5. The summed E-state index contributed by atoms with van der Waals surface area (Å²) in [4.78, 5) is 42.9. The van der Waals surface area contributed by atoms with E-state index < -0.39 is 56.6 Å². The minimum absolute atomic E-state index is 0.325. The summed E-state index contributed by atoms with van der Waals surface area (Å²) in [6, 6.07) is 0.627. The lowest BCUT2D eigenvalue weighted by Crippen LogP contribution is -2.50. The van der Waals surface area contributed by atoms with Crippen molar-refractivity contribution in [1.82, 2.24) is 21.5 Å². The number of carbonyl (C=O) groups excluding carboxylic acids is 3. The molecule has 27 heteroatoms. The zero-order valence-corrected chi connectivity index (χ0v) is 35.8. The molecule has 0 aliphatic carbocycles. The second-order valence-electron chi connectivity index (χ2n) is 8.97. The van der Waals surface area contributed by atoms with E-state index in [-0.39, 0.29) is 0 Å². The summed E-state index contributed by atoms with van der Waals surface area (Å²) in [5, 5.41) is 5.07. The van der Waals surface area contributed by atoms with Crippen LogP contribution >= 0.6 is 0 Å². The molecule has 290 valence electrons. The zero-order valence-electron chi connectivity index (χ0n) is 30.5. The number of amides is 4. The summed E-state index contributed by atoms with van der Waals surface area (Å²) >= 11 is 0. The number of hydrogen-bond donors (Lipinski definition) is 9. The first-order valence-electron chi connectivity index (χ1n) is 14.2. The Morgan fingerprint density at radius 2 is 0.958 bits per heavy atom. The molecule has 4 amide bonds. The molecule has 0 radical (unpaired) electrons. The predicted octanol–water partition coefficient (Wildman–Crippen LogP) is -2.59. The van der Waals surface area contributed by atoms with Gasteiger partial charge in [0.1, 0.15) is 0 Å². The Morgan fingerprint density at radius 3 is 1.21 bits per heavy atom. The lowest BCUT2D eigenvalue weighted by atomic mass is 10.7. The highest BCUT2D eigenvalue weighted by atomic mass is 28.4. The van der Waals surface area contributed by atoms with Gasteiger partial charge in [-0.3, -0.25) is 22.5 Å². The van der Waals surface area contributed by atoms with Crippen LogP contribution in [0.3, 0.4) is 0 Å². The van der Waals surface area contributed by atoms with Crippen molar-refractivity contribution in [2.24, 2.45) is 28.4 Å². The van der Waals surface area contributed by atoms with Gasteiger partial charge in [0.05, 0.1) is 6.54 Å². The van der Waals surface area contributed by atoms with Gasteiger partial charge in [0.2, 0.25) is 6.08 Å². The molecule has 0 saturated carbocycles. The van der Waals surface area contributed by atoms with E-state index in [1.54, 1.807) is 14.2 Å². The largest absolute Gasteiger partial charge is 0.502 e. The maximum absolute atomic E-state index is 10.9. The minimum atomic E-state index is -2.61. The van der Waals surface area contributed by atoms with E-state index in [2.05, 4.69) is 27.3 Å². The number of hydrogen-bond acceptors (Lipinski definition) is 18. The number of urea groups is 2. The molecule has 0 aromatic carbocycles. The van der Waals surface area contributed by atoms with E-state index in [4.69, 9.17) is 56.0 Å². The van der Waals surface area contributed by atoms with Gasteiger partial charge in [-0.05, 0) is 26.2 Å². The molecule has 0 aliphatic rings. The van der Waals surface area contributed by atoms with Crippen LogP contribution in [0.5, 0.6) is 0 Å². The van der Waals surface area contributed by atoms with E-state index >= 15 is 0 Å². The SMILES string of the molecule is CO[Si](CCN=C=O)(OC)OC.CO[Si](CCNC(=O)NN)(OC)OC.CO[Si](CCNC(=O)NN)(OC)O[SiH](C)C.C[SiH](C)O.NN. The Hall–Kier alpha value is -1.56. The Bertz CT molecular complexity index is 781. The van der Waals surface area contributed by atoms with Gasteiger partial charge in [-0.2, -0.15) is 0 Å². The van der Waals surface area contributed by atoms with Gasteiger partial charge in [-0.1, -0.05) is 0 Å². The van der Waals surface area contributed by atoms with Crippen molar-refractivity contribution in [2.45, 2.75) is 44.3 Å². The molecule has 0 unspecified atom stereocenters. The van der Waals surface area contributed by atoms with E-state index in [1.807, 2.05) is 37.0 Å². The quantitative estimate of drug-likeness (QED) is 0.0162. The van der Waals surface area contributed by atoms with E-state index in [1.165, 1.54) is 48.7 Å². The minimum Gasteiger partial charge on any atom is -0.435 e. The molecule has 0 saturated heterocycles. The number of hydrazine groups is 3. The van der Waals surface area contributed by atoms with Crippen LogP contribution in [0.25, 0.3) is 0 Å². The van der Waals surface area contributed by atoms with Gasteiger partial charge in [0, 0.05) is 88.1 Å². The summed E-state index contributed by atoms with van der Waals surface area (Å²) < 4.78 is 47.2. The molecule has 22 nitrogen and oxygen atoms in total. The summed E-state index contributed by atoms with van der Waals surface area (Å²) in [6.07, 6.45) is 1.44. The second-order valence-corrected chi connectivity index (χ2v) is 23.1. The Morgan fingerprint density at radius 1 is 0.667 bits per heavy atom. The normalized spacial score (nSPS) is 10.7. The number of isocyanates is 1. The van der Waals surface area contributed by atoms with Gasteiger partial charge in [0.15, 0.2) is 18.1 Å². The van der Waals surface area contributed by atoms with Crippen molar-refractivity contribution in [2.75, 3.05) is 76.5 Å². The highest BCUT2D eigenvalue weighted by Gasteiger charge is 2.39. The smallest absolute Gasteiger partial charge is 0.435 e. The first-order valence-corrected chi connectivity index (χ1v) is 25.6. The molecule has 0 atom stereocenters. The van der Waals surface area contributed by atoms with Crippen LogP contribution in [0.4, 0.5) is 9.59 Å². The molecule has 0 spiro atoms. The highest BCUT2D eigenvalue weighted by Crippen LogP contribution is 2.14. The first kappa shape index (κ1) is 55.8. The first-order chi connectivity index (χ1) is 22.6. The zero-order chi connectivity index (χ0) is 38.7. The standard InChI is InChI=1S/C7H21N3O4Si2.C6H17N3O4Si.C6H13NO4Si.C2H8OSi.H4N2/c1-12-16(13-2,14-15(3)4)6-5-9-7(11)10-8;1-11-14(12-2,13-3)5-4-8-6(10)9-7;1-9-12(10-2,11-3)5-4-7-6-8;1-4(2)3;1-2/h15H,5-6,8H2,1-4H3,(H2,9,10,11);4-5,7H2,1-3H3,(H2,8,9,10);4-5H2,1-3H3;3-4H,1-2H3;1-2H2. The highest BCUT2D eigenvalue weighted by molar-refractivity contribution is 6.70. The van der Waals surface area contributed by atoms with Crippen molar-refractivity contribution in [3.05, 3.63) is 0 Å². The fraction of sp³-hybridized carbons (Fsp3) is 0.857. The number of rotatable bonds is 19. The average molecular weight is 790 g/mol. The van der Waals surface area contributed by atoms with Crippen molar-refractivity contribution in [3.8, 4) is 0 Å². The number of carbonyl (C=O) groups is 2. The average Bonchev–Trinajstić information content (AvgIpc) is 3.09. The predicted molar refractivity (Wildman–Crippen MR) is 192 cm³/mol. The maximum Gasteiger partial charge on any atom is 0.502 e. The molecule has 13 N–H and O–H groups in total. The van der Waals surface area contributed by atoms with Crippen molar-refractivity contribution >= 4 is 62.6 Å². The Kier molecular flexibility index (Phi) is 42.7. The van der Waals surface area contributed by atoms with Gasteiger partial charge in [-0.15, -0.1) is 0 Å². The monoisotopic (exact) mass is 789 g/mol. The third-order valence-corrected chi connectivity index (χ3v) is 16.1. The van der Waals surface area contributed by atoms with Crippen molar-refractivity contribution in [1.29, 1.82) is 0 Å². The van der Waals surface area contributed by atoms with Crippen molar-refractivity contribution < 1.29 is 58.7 Å². The van der Waals surface area contributed by atoms with Gasteiger partial charge in [0.25, 0.3) is 0 Å². The Balaban J connectivity index is -0.000000179. The van der Waals surface area contributed by atoms with Crippen LogP contribution in [0.2, 0.25) is 44.3 Å². The van der Waals surface area contributed by atoms with Gasteiger partial charge < -0.3 is 55.0 Å². The van der Waals surface area contributed by atoms with Crippen LogP contribution in [-0.2, 0) is 44.3 Å². The summed E-state index contributed by atoms with van der Waals surface area (Å²) in [6.45, 7) is 8.91. The van der Waals surface area contributed by atoms with Crippen LogP contribution in [-0.4, -0.2) is 144 Å². The third-order valence-electron chi connectivity index (χ3n) is 5.19. The number of nitrogens with two attached hydrogens (primary N) is 4. The van der Waals surface area contributed by atoms with Crippen LogP contribution in [0, 0.1) is 0 Å². The van der Waals surface area contributed by atoms with Crippen LogP contribution in [0.15, 0.2) is 4.99 Å². The molecule has 48 heavy (non-hydrogen) atoms. The van der Waals surface area contributed by atoms with Crippen LogP contribution in [0.1, 0.15) is 0 Å². The van der Waals surface area contributed by atoms with Crippen molar-refractivity contribution in [3.63, 3.8) is 0 Å². The molecule has 0 aromatic rings. The topological polar surface area (TPSA) is 319 Å². The molecule has 0 rings (SSSR count). The molecular weight excluding hydrogens is 727 g/mol. The lowest BCUT2D eigenvalue weighted by Gasteiger charge is -2.28. The van der Waals surface area contributed by atoms with Gasteiger partial charge in [-0.25, -0.2) is 31.1 Å². The fourth-order valence-corrected chi connectivity index (χ4v) is 11.1. The Labute approximate surface area is 291 Å². The number of nitrogens with one attached hydrogen (secondary N) is 4. The summed E-state index contributed by atoms with van der Waals surface area (Å²) in [5.74, 6) is 17.8. The molecule has 0 fully saturated rings. The van der Waals surface area contributed by atoms with E-state index in [0.29, 0.717) is 37.8 Å². The van der Waals surface area contributed by atoms with E-state index in [9.17, 15) is 14.4 Å². The second kappa shape index (κ2) is 36.7. The molecule has 0 bridgehead atoms. The van der Waals surface area contributed by atoms with E-state index in [0.717, 1.165) is 0 Å². The summed E-state index contributed by atoms with van der Waals surface area (Å²) in [5.41, 5.74) is 3.93. The fourth-order valence-electron chi connectivity index (χ4n) is 2.91. The summed E-state index contributed by atoms with van der Waals surface area (Å²) in [7, 11) is 2.13. The van der Waals surface area contributed by atoms with Crippen LogP contribution < -0.4 is 44.9 Å². The number of aliphatic imine (C=N–C) groups is 1. The molecule has 0 aromatic heterocycles.